The van der Waals surface area contributed by atoms with Gasteiger partial charge in [-0.15, -0.1) is 0 Å². The van der Waals surface area contributed by atoms with Crippen LogP contribution >= 0.6 is 0 Å². The summed E-state index contributed by atoms with van der Waals surface area (Å²) in [6, 6.07) is 7.85. The fraction of sp³-hybridized carbons (Fsp3) is 0.400. The van der Waals surface area contributed by atoms with Crippen LogP contribution in [0.3, 0.4) is 0 Å². The lowest BCUT2D eigenvalue weighted by molar-refractivity contribution is -0.122. The molecule has 21 heavy (non-hydrogen) atoms. The number of nitrogens with one attached hydrogen (secondary N) is 1. The maximum absolute atomic E-state index is 11.9. The SMILES string of the molecule is Nc1nc2ccccc2nc1N1CCCC2C(=O)NCC21. The predicted octanol–water partition coefficient (Wildman–Crippen LogP) is 0.927. The van der Waals surface area contributed by atoms with Gasteiger partial charge in [0, 0.05) is 13.1 Å². The highest BCUT2D eigenvalue weighted by atomic mass is 16.2. The van der Waals surface area contributed by atoms with Crippen molar-refractivity contribution in [3.63, 3.8) is 0 Å². The second-order valence-electron chi connectivity index (χ2n) is 5.68. The average molecular weight is 283 g/mol. The van der Waals surface area contributed by atoms with Gasteiger partial charge in [-0.05, 0) is 25.0 Å². The molecule has 0 spiro atoms. The molecule has 2 aliphatic rings. The van der Waals surface area contributed by atoms with Crippen LogP contribution in [0.15, 0.2) is 24.3 Å². The first kappa shape index (κ1) is 12.4. The minimum Gasteiger partial charge on any atom is -0.381 e. The molecule has 1 amide bonds. The van der Waals surface area contributed by atoms with E-state index in [0.717, 1.165) is 30.4 Å². The van der Waals surface area contributed by atoms with E-state index in [9.17, 15) is 4.79 Å². The number of hydrogen-bond acceptors (Lipinski definition) is 5. The molecule has 2 aliphatic heterocycles. The van der Waals surface area contributed by atoms with Gasteiger partial charge in [0.05, 0.1) is 23.0 Å². The first-order valence-electron chi connectivity index (χ1n) is 7.30. The van der Waals surface area contributed by atoms with E-state index in [2.05, 4.69) is 20.2 Å². The van der Waals surface area contributed by atoms with Gasteiger partial charge < -0.3 is 16.0 Å². The topological polar surface area (TPSA) is 84.1 Å². The van der Waals surface area contributed by atoms with Crippen LogP contribution < -0.4 is 16.0 Å². The Kier molecular flexibility index (Phi) is 2.70. The quantitative estimate of drug-likeness (QED) is 0.813. The third-order valence-electron chi connectivity index (χ3n) is 4.45. The molecule has 1 aromatic heterocycles. The van der Waals surface area contributed by atoms with Gasteiger partial charge in [-0.2, -0.15) is 0 Å². The summed E-state index contributed by atoms with van der Waals surface area (Å²) in [6.07, 6.45) is 1.91. The highest BCUT2D eigenvalue weighted by Gasteiger charge is 2.41. The molecule has 0 saturated carbocycles. The lowest BCUT2D eigenvalue weighted by Crippen LogP contribution is -2.46. The van der Waals surface area contributed by atoms with E-state index >= 15 is 0 Å². The standard InChI is InChI=1S/C15H17N5O/c16-13-14(19-11-6-2-1-5-10(11)18-13)20-7-3-4-9-12(20)8-17-15(9)21/h1-2,5-6,9,12H,3-4,7-8H2,(H2,16,18)(H,17,21). The summed E-state index contributed by atoms with van der Waals surface area (Å²) in [4.78, 5) is 23.2. The number of anilines is 2. The number of aromatic nitrogens is 2. The van der Waals surface area contributed by atoms with Crippen molar-refractivity contribution in [2.24, 2.45) is 5.92 Å². The molecule has 4 rings (SSSR count). The fourth-order valence-electron chi connectivity index (χ4n) is 3.43. The molecule has 1 aromatic carbocycles. The molecule has 2 unspecified atom stereocenters. The molecular formula is C15H17N5O. The zero-order valence-corrected chi connectivity index (χ0v) is 11.6. The van der Waals surface area contributed by atoms with Crippen LogP contribution in [-0.4, -0.2) is 35.0 Å². The van der Waals surface area contributed by atoms with Crippen molar-refractivity contribution >= 4 is 28.6 Å². The molecule has 3 heterocycles. The average Bonchev–Trinajstić information content (AvgIpc) is 2.88. The van der Waals surface area contributed by atoms with E-state index in [-0.39, 0.29) is 17.9 Å². The molecule has 0 bridgehead atoms. The minimum atomic E-state index is 0.0476. The largest absolute Gasteiger partial charge is 0.381 e. The first-order valence-corrected chi connectivity index (χ1v) is 7.30. The molecular weight excluding hydrogens is 266 g/mol. The van der Waals surface area contributed by atoms with Crippen molar-refractivity contribution in [2.75, 3.05) is 23.7 Å². The number of benzene rings is 1. The van der Waals surface area contributed by atoms with Crippen molar-refractivity contribution in [1.82, 2.24) is 15.3 Å². The van der Waals surface area contributed by atoms with E-state index in [1.54, 1.807) is 0 Å². The first-order chi connectivity index (χ1) is 10.2. The summed E-state index contributed by atoms with van der Waals surface area (Å²) in [7, 11) is 0. The smallest absolute Gasteiger partial charge is 0.225 e. The second-order valence-corrected chi connectivity index (χ2v) is 5.68. The number of amides is 1. The third-order valence-corrected chi connectivity index (χ3v) is 4.45. The molecule has 108 valence electrons. The Morgan fingerprint density at radius 2 is 2.00 bits per heavy atom. The summed E-state index contributed by atoms with van der Waals surface area (Å²) in [5.74, 6) is 1.34. The van der Waals surface area contributed by atoms with Crippen molar-refractivity contribution in [3.8, 4) is 0 Å². The summed E-state index contributed by atoms with van der Waals surface area (Å²) < 4.78 is 0. The molecule has 6 heteroatoms. The van der Waals surface area contributed by atoms with Crippen LogP contribution in [0, 0.1) is 5.92 Å². The molecule has 0 radical (unpaired) electrons. The Bertz CT molecular complexity index is 716. The maximum Gasteiger partial charge on any atom is 0.225 e. The number of para-hydroxylation sites is 2. The van der Waals surface area contributed by atoms with Gasteiger partial charge in [0.1, 0.15) is 0 Å². The van der Waals surface area contributed by atoms with Crippen molar-refractivity contribution in [2.45, 2.75) is 18.9 Å². The van der Waals surface area contributed by atoms with Crippen LogP contribution in [0.1, 0.15) is 12.8 Å². The summed E-state index contributed by atoms with van der Waals surface area (Å²) >= 11 is 0. The number of carbonyl (C=O) groups excluding carboxylic acids is 1. The van der Waals surface area contributed by atoms with Crippen LogP contribution in [0.4, 0.5) is 11.6 Å². The molecule has 0 aliphatic carbocycles. The normalized spacial score (nSPS) is 25.0. The Hall–Kier alpha value is -2.37. The Morgan fingerprint density at radius 1 is 1.24 bits per heavy atom. The number of carbonyl (C=O) groups is 1. The second kappa shape index (κ2) is 4.58. The molecule has 2 aromatic rings. The van der Waals surface area contributed by atoms with Crippen LogP contribution in [0.5, 0.6) is 0 Å². The van der Waals surface area contributed by atoms with Crippen LogP contribution in [-0.2, 0) is 4.79 Å². The van der Waals surface area contributed by atoms with Crippen molar-refractivity contribution in [3.05, 3.63) is 24.3 Å². The Morgan fingerprint density at radius 3 is 2.81 bits per heavy atom. The monoisotopic (exact) mass is 283 g/mol. The number of hydrogen-bond donors (Lipinski definition) is 2. The van der Waals surface area contributed by atoms with E-state index in [4.69, 9.17) is 5.73 Å². The number of nitrogens with zero attached hydrogens (tertiary/aromatic N) is 3. The van der Waals surface area contributed by atoms with Gasteiger partial charge in [0.15, 0.2) is 11.6 Å². The lowest BCUT2D eigenvalue weighted by Gasteiger charge is -2.37. The van der Waals surface area contributed by atoms with E-state index in [1.165, 1.54) is 0 Å². The van der Waals surface area contributed by atoms with E-state index in [1.807, 2.05) is 24.3 Å². The fourth-order valence-corrected chi connectivity index (χ4v) is 3.43. The third kappa shape index (κ3) is 1.90. The minimum absolute atomic E-state index is 0.0476. The Balaban J connectivity index is 1.78. The zero-order chi connectivity index (χ0) is 14.4. The van der Waals surface area contributed by atoms with E-state index < -0.39 is 0 Å². The molecule has 2 fully saturated rings. The van der Waals surface area contributed by atoms with Gasteiger partial charge in [0.2, 0.25) is 5.91 Å². The number of fused-ring (bicyclic) bond motifs is 2. The molecule has 6 nitrogen and oxygen atoms in total. The van der Waals surface area contributed by atoms with Gasteiger partial charge >= 0.3 is 0 Å². The summed E-state index contributed by atoms with van der Waals surface area (Å²) in [6.45, 7) is 1.53. The number of nitrogen functional groups attached to an aromatic ring is 1. The molecule has 3 N–H and O–H groups in total. The highest BCUT2D eigenvalue weighted by molar-refractivity contribution is 5.84. The van der Waals surface area contributed by atoms with Gasteiger partial charge in [-0.3, -0.25) is 4.79 Å². The summed E-state index contributed by atoms with van der Waals surface area (Å²) in [5, 5.41) is 2.95. The number of piperidine rings is 1. The lowest BCUT2D eigenvalue weighted by atomic mass is 9.91. The maximum atomic E-state index is 11.9. The molecule has 2 atom stereocenters. The number of nitrogens with two attached hydrogens (primary N) is 1. The Labute approximate surface area is 122 Å². The van der Waals surface area contributed by atoms with Gasteiger partial charge in [0.25, 0.3) is 0 Å². The van der Waals surface area contributed by atoms with Gasteiger partial charge in [-0.1, -0.05) is 12.1 Å². The highest BCUT2D eigenvalue weighted by Crippen LogP contribution is 2.33. The van der Waals surface area contributed by atoms with Gasteiger partial charge in [-0.25, -0.2) is 9.97 Å². The van der Waals surface area contributed by atoms with E-state index in [0.29, 0.717) is 18.2 Å². The zero-order valence-electron chi connectivity index (χ0n) is 11.6. The number of rotatable bonds is 1. The van der Waals surface area contributed by atoms with Crippen LogP contribution in [0.2, 0.25) is 0 Å². The summed E-state index contributed by atoms with van der Waals surface area (Å²) in [5.41, 5.74) is 7.75. The van der Waals surface area contributed by atoms with Crippen molar-refractivity contribution < 1.29 is 4.79 Å². The van der Waals surface area contributed by atoms with Crippen LogP contribution in [0.25, 0.3) is 11.0 Å². The predicted molar refractivity (Wildman–Crippen MR) is 80.8 cm³/mol. The van der Waals surface area contributed by atoms with Crippen molar-refractivity contribution in [1.29, 1.82) is 0 Å². The molecule has 2 saturated heterocycles.